The number of fused-ring (bicyclic) bond motifs is 1. The first-order chi connectivity index (χ1) is 9.49. The SMILES string of the molecule is CC1CCCN(c2nc3c([nH]2)c(=O)n(C)c(=O)n3C)C1. The van der Waals surface area contributed by atoms with Crippen LogP contribution in [-0.2, 0) is 14.1 Å². The van der Waals surface area contributed by atoms with Crippen molar-refractivity contribution in [2.45, 2.75) is 19.8 Å². The number of anilines is 1. The van der Waals surface area contributed by atoms with Crippen molar-refractivity contribution in [3.8, 4) is 0 Å². The number of hydrogen-bond donors (Lipinski definition) is 1. The van der Waals surface area contributed by atoms with E-state index in [1.165, 1.54) is 18.0 Å². The van der Waals surface area contributed by atoms with Crippen molar-refractivity contribution in [1.82, 2.24) is 19.1 Å². The zero-order valence-corrected chi connectivity index (χ0v) is 12.0. The van der Waals surface area contributed by atoms with Gasteiger partial charge in [0.15, 0.2) is 11.2 Å². The second-order valence-corrected chi connectivity index (χ2v) is 5.66. The fourth-order valence-corrected chi connectivity index (χ4v) is 2.85. The molecule has 0 saturated carbocycles. The van der Waals surface area contributed by atoms with Crippen molar-refractivity contribution in [3.63, 3.8) is 0 Å². The molecule has 0 amide bonds. The van der Waals surface area contributed by atoms with Crippen molar-refractivity contribution < 1.29 is 0 Å². The van der Waals surface area contributed by atoms with E-state index >= 15 is 0 Å². The molecule has 0 aliphatic carbocycles. The maximum Gasteiger partial charge on any atom is 0.332 e. The van der Waals surface area contributed by atoms with Crippen LogP contribution in [-0.4, -0.2) is 32.2 Å². The number of nitrogens with one attached hydrogen (secondary N) is 1. The third-order valence-corrected chi connectivity index (χ3v) is 4.04. The Balaban J connectivity index is 2.16. The highest BCUT2D eigenvalue weighted by molar-refractivity contribution is 5.72. The van der Waals surface area contributed by atoms with Crippen LogP contribution < -0.4 is 16.1 Å². The zero-order chi connectivity index (χ0) is 14.4. The van der Waals surface area contributed by atoms with Gasteiger partial charge in [0.05, 0.1) is 0 Å². The highest BCUT2D eigenvalue weighted by Gasteiger charge is 2.21. The normalized spacial score (nSPS) is 19.8. The smallest absolute Gasteiger partial charge is 0.332 e. The molecule has 1 atom stereocenters. The standard InChI is InChI=1S/C13H19N5O2/c1-8-5-4-6-18(7-8)12-14-9-10(15-12)16(2)13(20)17(3)11(9)19/h8H,4-7H2,1-3H3,(H,14,15). The maximum atomic E-state index is 12.1. The molecule has 0 aromatic carbocycles. The van der Waals surface area contributed by atoms with E-state index in [1.807, 2.05) is 0 Å². The van der Waals surface area contributed by atoms with Gasteiger partial charge in [-0.1, -0.05) is 6.92 Å². The molecular formula is C13H19N5O2. The summed E-state index contributed by atoms with van der Waals surface area (Å²) in [5.74, 6) is 1.30. The van der Waals surface area contributed by atoms with E-state index in [2.05, 4.69) is 21.8 Å². The quantitative estimate of drug-likeness (QED) is 0.807. The van der Waals surface area contributed by atoms with E-state index in [4.69, 9.17) is 0 Å². The summed E-state index contributed by atoms with van der Waals surface area (Å²) in [7, 11) is 3.11. The van der Waals surface area contributed by atoms with Gasteiger partial charge >= 0.3 is 5.69 Å². The molecular weight excluding hydrogens is 258 g/mol. The molecule has 2 aromatic rings. The highest BCUT2D eigenvalue weighted by atomic mass is 16.2. The molecule has 7 nitrogen and oxygen atoms in total. The molecule has 3 rings (SSSR count). The Morgan fingerprint density at radius 2 is 2.00 bits per heavy atom. The van der Waals surface area contributed by atoms with Crippen LogP contribution in [0, 0.1) is 5.92 Å². The van der Waals surface area contributed by atoms with E-state index in [-0.39, 0.29) is 11.2 Å². The van der Waals surface area contributed by atoms with E-state index in [1.54, 1.807) is 7.05 Å². The molecule has 108 valence electrons. The van der Waals surface area contributed by atoms with Crippen LogP contribution in [0.5, 0.6) is 0 Å². The van der Waals surface area contributed by atoms with Gasteiger partial charge in [0.2, 0.25) is 5.95 Å². The van der Waals surface area contributed by atoms with E-state index in [0.717, 1.165) is 24.1 Å². The lowest BCUT2D eigenvalue weighted by molar-refractivity contribution is 0.443. The monoisotopic (exact) mass is 277 g/mol. The minimum absolute atomic E-state index is 0.327. The molecule has 20 heavy (non-hydrogen) atoms. The summed E-state index contributed by atoms with van der Waals surface area (Å²) in [6.07, 6.45) is 2.34. The number of aromatic nitrogens is 4. The van der Waals surface area contributed by atoms with Gasteiger partial charge in [-0.2, -0.15) is 4.98 Å². The molecule has 7 heteroatoms. The number of H-pyrrole nitrogens is 1. The van der Waals surface area contributed by atoms with Crippen LogP contribution in [0.25, 0.3) is 11.2 Å². The van der Waals surface area contributed by atoms with Gasteiger partial charge in [-0.05, 0) is 18.8 Å². The fraction of sp³-hybridized carbons (Fsp3) is 0.615. The Hall–Kier alpha value is -2.05. The van der Waals surface area contributed by atoms with Crippen molar-refractivity contribution in [2.75, 3.05) is 18.0 Å². The molecule has 1 unspecified atom stereocenters. The van der Waals surface area contributed by atoms with Crippen molar-refractivity contribution in [3.05, 3.63) is 20.8 Å². The van der Waals surface area contributed by atoms with E-state index in [9.17, 15) is 9.59 Å². The molecule has 0 bridgehead atoms. The second kappa shape index (κ2) is 4.50. The average Bonchev–Trinajstić information content (AvgIpc) is 2.88. The lowest BCUT2D eigenvalue weighted by Gasteiger charge is -2.30. The van der Waals surface area contributed by atoms with Gasteiger partial charge in [-0.3, -0.25) is 13.9 Å². The Morgan fingerprint density at radius 1 is 1.25 bits per heavy atom. The Bertz CT molecular complexity index is 769. The van der Waals surface area contributed by atoms with Crippen molar-refractivity contribution in [1.29, 1.82) is 0 Å². The van der Waals surface area contributed by atoms with Gasteiger partial charge < -0.3 is 9.88 Å². The predicted octanol–water partition coefficient (Wildman–Crippen LogP) is 0.197. The summed E-state index contributed by atoms with van der Waals surface area (Å²) in [6, 6.07) is 0. The first-order valence-electron chi connectivity index (χ1n) is 6.89. The molecule has 1 fully saturated rings. The van der Waals surface area contributed by atoms with Crippen LogP contribution in [0.3, 0.4) is 0 Å². The van der Waals surface area contributed by atoms with E-state index in [0.29, 0.717) is 23.0 Å². The molecule has 2 aromatic heterocycles. The third-order valence-electron chi connectivity index (χ3n) is 4.04. The molecule has 0 spiro atoms. The molecule has 1 saturated heterocycles. The van der Waals surface area contributed by atoms with E-state index < -0.39 is 0 Å². The first kappa shape index (κ1) is 13.0. The summed E-state index contributed by atoms with van der Waals surface area (Å²) in [6.45, 7) is 4.07. The zero-order valence-electron chi connectivity index (χ0n) is 12.0. The Labute approximate surface area is 115 Å². The molecule has 3 heterocycles. The van der Waals surface area contributed by atoms with Crippen LogP contribution in [0.15, 0.2) is 9.59 Å². The Kier molecular flexibility index (Phi) is 2.92. The summed E-state index contributed by atoms with van der Waals surface area (Å²) >= 11 is 0. The molecule has 1 N–H and O–H groups in total. The minimum atomic E-state index is -0.354. The number of aromatic amines is 1. The van der Waals surface area contributed by atoms with Crippen LogP contribution in [0.2, 0.25) is 0 Å². The topological polar surface area (TPSA) is 75.9 Å². The molecule has 1 aliphatic heterocycles. The largest absolute Gasteiger partial charge is 0.342 e. The highest BCUT2D eigenvalue weighted by Crippen LogP contribution is 2.21. The summed E-state index contributed by atoms with van der Waals surface area (Å²) in [5.41, 5.74) is 0.133. The fourth-order valence-electron chi connectivity index (χ4n) is 2.85. The molecule has 0 radical (unpaired) electrons. The van der Waals surface area contributed by atoms with Gasteiger partial charge in [0.1, 0.15) is 0 Å². The number of piperidine rings is 1. The van der Waals surface area contributed by atoms with Crippen LogP contribution in [0.1, 0.15) is 19.8 Å². The van der Waals surface area contributed by atoms with Crippen molar-refractivity contribution in [2.24, 2.45) is 20.0 Å². The number of rotatable bonds is 1. The van der Waals surface area contributed by atoms with Gasteiger partial charge in [-0.25, -0.2) is 4.79 Å². The van der Waals surface area contributed by atoms with Gasteiger partial charge in [0.25, 0.3) is 5.56 Å². The lowest BCUT2D eigenvalue weighted by Crippen LogP contribution is -2.36. The first-order valence-corrected chi connectivity index (χ1v) is 6.89. The Morgan fingerprint density at radius 3 is 2.70 bits per heavy atom. The minimum Gasteiger partial charge on any atom is -0.342 e. The molecule has 1 aliphatic rings. The summed E-state index contributed by atoms with van der Waals surface area (Å²) < 4.78 is 2.51. The second-order valence-electron chi connectivity index (χ2n) is 5.66. The average molecular weight is 277 g/mol. The third kappa shape index (κ3) is 1.85. The number of aryl methyl sites for hydroxylation is 1. The summed E-state index contributed by atoms with van der Waals surface area (Å²) in [5, 5.41) is 0. The van der Waals surface area contributed by atoms with Crippen LogP contribution in [0.4, 0.5) is 5.95 Å². The van der Waals surface area contributed by atoms with Crippen molar-refractivity contribution >= 4 is 17.1 Å². The maximum absolute atomic E-state index is 12.1. The van der Waals surface area contributed by atoms with Crippen LogP contribution >= 0.6 is 0 Å². The number of hydrogen-bond acceptors (Lipinski definition) is 4. The van der Waals surface area contributed by atoms with Gasteiger partial charge in [0, 0.05) is 27.2 Å². The summed E-state index contributed by atoms with van der Waals surface area (Å²) in [4.78, 5) is 33.7. The van der Waals surface area contributed by atoms with Gasteiger partial charge in [-0.15, -0.1) is 0 Å². The predicted molar refractivity (Wildman–Crippen MR) is 77.2 cm³/mol. The lowest BCUT2D eigenvalue weighted by atomic mass is 10.0. The number of nitrogens with zero attached hydrogens (tertiary/aromatic N) is 4. The number of imidazole rings is 1.